The maximum absolute atomic E-state index is 11.6. The summed E-state index contributed by atoms with van der Waals surface area (Å²) in [6.45, 7) is 7.32. The number of unbranched alkanes of at least 4 members (excludes halogenated alkanes) is 1. The summed E-state index contributed by atoms with van der Waals surface area (Å²) in [4.78, 5) is 22.5. The van der Waals surface area contributed by atoms with Crippen molar-refractivity contribution in [3.8, 4) is 0 Å². The van der Waals surface area contributed by atoms with Crippen molar-refractivity contribution in [2.24, 2.45) is 5.92 Å². The smallest absolute Gasteiger partial charge is 0.326 e. The molecule has 0 aliphatic carbocycles. The molecule has 3 N–H and O–H groups in total. The number of nitrogens with one attached hydrogen (secondary N) is 1. The SMILES string of the molecule is C=CCCC[C@H](NC(=O)[C@H](O)CC(C)C)C(=O)O. The molecule has 0 unspecified atom stereocenters. The van der Waals surface area contributed by atoms with Crippen LogP contribution in [0.4, 0.5) is 0 Å². The molecule has 0 heterocycles. The molecule has 0 aromatic carbocycles. The molecule has 0 saturated carbocycles. The van der Waals surface area contributed by atoms with Crippen LogP contribution in [0.15, 0.2) is 12.7 Å². The molecule has 0 rings (SSSR count). The van der Waals surface area contributed by atoms with Crippen LogP contribution < -0.4 is 5.32 Å². The second-order valence-corrected chi connectivity index (χ2v) is 4.76. The molecule has 1 amide bonds. The average Bonchev–Trinajstić information content (AvgIpc) is 2.26. The van der Waals surface area contributed by atoms with E-state index in [2.05, 4.69) is 11.9 Å². The van der Waals surface area contributed by atoms with Crippen LogP contribution in [0, 0.1) is 5.92 Å². The van der Waals surface area contributed by atoms with Crippen molar-refractivity contribution < 1.29 is 19.8 Å². The fourth-order valence-electron chi connectivity index (χ4n) is 1.55. The molecule has 0 aromatic heterocycles. The first kappa shape index (κ1) is 16.6. The summed E-state index contributed by atoms with van der Waals surface area (Å²) in [5.74, 6) is -1.52. The van der Waals surface area contributed by atoms with Crippen LogP contribution in [0.2, 0.25) is 0 Å². The Bertz CT molecular complexity index is 289. The second kappa shape index (κ2) is 8.69. The molecule has 18 heavy (non-hydrogen) atoms. The van der Waals surface area contributed by atoms with Gasteiger partial charge in [0.25, 0.3) is 0 Å². The van der Waals surface area contributed by atoms with E-state index in [-0.39, 0.29) is 5.92 Å². The quantitative estimate of drug-likeness (QED) is 0.429. The Morgan fingerprint density at radius 1 is 1.39 bits per heavy atom. The summed E-state index contributed by atoms with van der Waals surface area (Å²) >= 11 is 0. The van der Waals surface area contributed by atoms with E-state index in [1.165, 1.54) is 0 Å². The van der Waals surface area contributed by atoms with Crippen molar-refractivity contribution >= 4 is 11.9 Å². The first-order valence-electron chi connectivity index (χ1n) is 6.20. The zero-order valence-electron chi connectivity index (χ0n) is 11.1. The highest BCUT2D eigenvalue weighted by molar-refractivity contribution is 5.86. The van der Waals surface area contributed by atoms with Gasteiger partial charge in [-0.1, -0.05) is 19.9 Å². The maximum atomic E-state index is 11.6. The lowest BCUT2D eigenvalue weighted by Gasteiger charge is -2.18. The predicted molar refractivity (Wildman–Crippen MR) is 69.1 cm³/mol. The molecule has 5 heteroatoms. The lowest BCUT2D eigenvalue weighted by atomic mass is 10.0. The number of hydrogen-bond donors (Lipinski definition) is 3. The molecule has 104 valence electrons. The van der Waals surface area contributed by atoms with E-state index < -0.39 is 24.0 Å². The molecule has 0 radical (unpaired) electrons. The summed E-state index contributed by atoms with van der Waals surface area (Å²) < 4.78 is 0. The summed E-state index contributed by atoms with van der Waals surface area (Å²) in [5, 5.41) is 20.9. The molecule has 0 spiro atoms. The summed E-state index contributed by atoms with van der Waals surface area (Å²) in [6, 6.07) is -0.945. The Morgan fingerprint density at radius 3 is 2.44 bits per heavy atom. The monoisotopic (exact) mass is 257 g/mol. The van der Waals surface area contributed by atoms with Crippen LogP contribution in [-0.4, -0.2) is 34.2 Å². The van der Waals surface area contributed by atoms with E-state index in [0.717, 1.165) is 0 Å². The van der Waals surface area contributed by atoms with Gasteiger partial charge in [-0.15, -0.1) is 6.58 Å². The van der Waals surface area contributed by atoms with Crippen molar-refractivity contribution in [2.75, 3.05) is 0 Å². The minimum absolute atomic E-state index is 0.176. The minimum atomic E-state index is -1.15. The van der Waals surface area contributed by atoms with Gasteiger partial charge in [-0.3, -0.25) is 4.79 Å². The number of amides is 1. The Morgan fingerprint density at radius 2 is 2.00 bits per heavy atom. The molecule has 0 fully saturated rings. The number of aliphatic hydroxyl groups is 1. The largest absolute Gasteiger partial charge is 0.480 e. The molecular weight excluding hydrogens is 234 g/mol. The minimum Gasteiger partial charge on any atom is -0.480 e. The number of carboxylic acids is 1. The van der Waals surface area contributed by atoms with Crippen LogP contribution in [0.25, 0.3) is 0 Å². The van der Waals surface area contributed by atoms with Gasteiger partial charge in [-0.05, 0) is 31.6 Å². The van der Waals surface area contributed by atoms with Crippen LogP contribution in [0.5, 0.6) is 0 Å². The average molecular weight is 257 g/mol. The number of carbonyl (C=O) groups excluding carboxylic acids is 1. The standard InChI is InChI=1S/C13H23NO4/c1-4-5-6-7-10(13(17)18)14-12(16)11(15)8-9(2)3/h4,9-11,15H,1,5-8H2,2-3H3,(H,14,16)(H,17,18)/t10-,11+/m0/s1. The summed E-state index contributed by atoms with van der Waals surface area (Å²) in [7, 11) is 0. The Kier molecular flexibility index (Phi) is 8.03. The fraction of sp³-hybridized carbons (Fsp3) is 0.692. The van der Waals surface area contributed by atoms with Crippen molar-refractivity contribution in [3.05, 3.63) is 12.7 Å². The lowest BCUT2D eigenvalue weighted by Crippen LogP contribution is -2.45. The van der Waals surface area contributed by atoms with Crippen LogP contribution in [0.1, 0.15) is 39.5 Å². The van der Waals surface area contributed by atoms with Crippen molar-refractivity contribution in [3.63, 3.8) is 0 Å². The number of aliphatic hydroxyl groups excluding tert-OH is 1. The number of rotatable bonds is 9. The third-order valence-corrected chi connectivity index (χ3v) is 2.51. The number of carbonyl (C=O) groups is 2. The van der Waals surface area contributed by atoms with Gasteiger partial charge in [-0.25, -0.2) is 4.79 Å². The van der Waals surface area contributed by atoms with Crippen molar-refractivity contribution in [2.45, 2.75) is 51.7 Å². The number of carboxylic acid groups (broad SMARTS) is 1. The summed E-state index contributed by atoms with van der Waals surface area (Å²) in [5.41, 5.74) is 0. The molecule has 0 bridgehead atoms. The molecule has 5 nitrogen and oxygen atoms in total. The first-order valence-corrected chi connectivity index (χ1v) is 6.20. The predicted octanol–water partition coefficient (Wildman–Crippen LogP) is 1.32. The van der Waals surface area contributed by atoms with Gasteiger partial charge in [0, 0.05) is 0 Å². The van der Waals surface area contributed by atoms with E-state index in [4.69, 9.17) is 5.11 Å². The topological polar surface area (TPSA) is 86.6 Å². The van der Waals surface area contributed by atoms with Crippen molar-refractivity contribution in [1.82, 2.24) is 5.32 Å². The van der Waals surface area contributed by atoms with E-state index in [1.54, 1.807) is 6.08 Å². The highest BCUT2D eigenvalue weighted by atomic mass is 16.4. The van der Waals surface area contributed by atoms with Gasteiger partial charge in [-0.2, -0.15) is 0 Å². The van der Waals surface area contributed by atoms with Crippen LogP contribution >= 0.6 is 0 Å². The fourth-order valence-corrected chi connectivity index (χ4v) is 1.55. The second-order valence-electron chi connectivity index (χ2n) is 4.76. The van der Waals surface area contributed by atoms with Gasteiger partial charge < -0.3 is 15.5 Å². The number of aliphatic carboxylic acids is 1. The highest BCUT2D eigenvalue weighted by Crippen LogP contribution is 2.07. The molecule has 0 saturated heterocycles. The molecule has 0 aromatic rings. The first-order chi connectivity index (χ1) is 8.38. The third kappa shape index (κ3) is 7.06. The van der Waals surface area contributed by atoms with Gasteiger partial charge in [0.2, 0.25) is 5.91 Å². The van der Waals surface area contributed by atoms with E-state index in [9.17, 15) is 14.7 Å². The maximum Gasteiger partial charge on any atom is 0.326 e. The third-order valence-electron chi connectivity index (χ3n) is 2.51. The van der Waals surface area contributed by atoms with Gasteiger partial charge in [0.15, 0.2) is 0 Å². The lowest BCUT2D eigenvalue weighted by molar-refractivity contribution is -0.143. The zero-order valence-corrected chi connectivity index (χ0v) is 11.1. The van der Waals surface area contributed by atoms with Crippen LogP contribution in [-0.2, 0) is 9.59 Å². The highest BCUT2D eigenvalue weighted by Gasteiger charge is 2.23. The normalized spacial score (nSPS) is 14.0. The van der Waals surface area contributed by atoms with Crippen LogP contribution in [0.3, 0.4) is 0 Å². The number of hydrogen-bond acceptors (Lipinski definition) is 3. The Labute approximate surface area is 108 Å². The van der Waals surface area contributed by atoms with Gasteiger partial charge in [0.1, 0.15) is 12.1 Å². The molecule has 2 atom stereocenters. The molecule has 0 aliphatic heterocycles. The molecule has 0 aliphatic rings. The van der Waals surface area contributed by atoms with E-state index in [0.29, 0.717) is 25.7 Å². The Hall–Kier alpha value is -1.36. The van der Waals surface area contributed by atoms with Crippen molar-refractivity contribution in [1.29, 1.82) is 0 Å². The number of allylic oxidation sites excluding steroid dienone is 1. The Balaban J connectivity index is 4.26. The van der Waals surface area contributed by atoms with Gasteiger partial charge >= 0.3 is 5.97 Å². The van der Waals surface area contributed by atoms with E-state index in [1.807, 2.05) is 13.8 Å². The van der Waals surface area contributed by atoms with E-state index >= 15 is 0 Å². The summed E-state index contributed by atoms with van der Waals surface area (Å²) in [6.07, 6.45) is 2.56. The molecular formula is C13H23NO4. The van der Waals surface area contributed by atoms with Gasteiger partial charge in [0.05, 0.1) is 0 Å². The zero-order chi connectivity index (χ0) is 14.1.